The first kappa shape index (κ1) is 18.8. The molecule has 0 radical (unpaired) electrons. The summed E-state index contributed by atoms with van der Waals surface area (Å²) in [4.78, 5) is 14.4. The highest BCUT2D eigenvalue weighted by Crippen LogP contribution is 2.31. The molecule has 150 valence electrons. The van der Waals surface area contributed by atoms with E-state index < -0.39 is 0 Å². The van der Waals surface area contributed by atoms with Gasteiger partial charge in [-0.15, -0.1) is 0 Å². The van der Waals surface area contributed by atoms with E-state index in [4.69, 9.17) is 9.15 Å². The zero-order valence-electron chi connectivity index (χ0n) is 16.2. The number of fused-ring (bicyclic) bond motifs is 1. The fourth-order valence-electron chi connectivity index (χ4n) is 4.18. The maximum absolute atomic E-state index is 14.7. The topological polar surface area (TPSA) is 66.7 Å². The number of halogens is 1. The Morgan fingerprint density at radius 1 is 1.21 bits per heavy atom. The number of nitrogens with one attached hydrogen (secondary N) is 2. The minimum atomic E-state index is -0.353. The lowest BCUT2D eigenvalue weighted by molar-refractivity contribution is -0.00539. The summed E-state index contributed by atoms with van der Waals surface area (Å²) in [6.45, 7) is 5.25. The molecule has 2 amide bonds. The normalized spacial score (nSPS) is 24.5. The Bertz CT molecular complexity index is 843. The van der Waals surface area contributed by atoms with Crippen LogP contribution < -0.4 is 15.5 Å². The molecule has 4 rings (SSSR count). The number of benzene rings is 1. The molecular weight excluding hydrogens is 361 g/mol. The van der Waals surface area contributed by atoms with Crippen LogP contribution in [0, 0.1) is 5.82 Å². The van der Waals surface area contributed by atoms with E-state index in [1.54, 1.807) is 18.4 Å². The zero-order chi connectivity index (χ0) is 19.7. The van der Waals surface area contributed by atoms with Gasteiger partial charge in [-0.3, -0.25) is 0 Å². The van der Waals surface area contributed by atoms with E-state index in [-0.39, 0.29) is 30.1 Å². The van der Waals surface area contributed by atoms with Gasteiger partial charge in [0.2, 0.25) is 0 Å². The lowest BCUT2D eigenvalue weighted by atomic mass is 9.93. The summed E-state index contributed by atoms with van der Waals surface area (Å²) >= 11 is 0. The Morgan fingerprint density at radius 2 is 2.00 bits per heavy atom. The van der Waals surface area contributed by atoms with E-state index in [1.807, 2.05) is 24.8 Å². The molecule has 1 aliphatic carbocycles. The van der Waals surface area contributed by atoms with E-state index in [0.717, 1.165) is 30.6 Å². The largest absolute Gasteiger partial charge is 0.469 e. The molecule has 28 heavy (non-hydrogen) atoms. The molecule has 1 aromatic carbocycles. The van der Waals surface area contributed by atoms with Crippen molar-refractivity contribution in [2.24, 2.45) is 0 Å². The molecule has 1 aromatic heterocycles. The third kappa shape index (κ3) is 3.99. The van der Waals surface area contributed by atoms with Crippen molar-refractivity contribution in [3.63, 3.8) is 0 Å². The summed E-state index contributed by atoms with van der Waals surface area (Å²) in [5.74, 6) is 0.579. The quantitative estimate of drug-likeness (QED) is 0.827. The number of anilines is 2. The third-order valence-electron chi connectivity index (χ3n) is 5.32. The number of carbonyl (C=O) groups is 1. The molecule has 7 heteroatoms. The van der Waals surface area contributed by atoms with Crippen molar-refractivity contribution in [3.8, 4) is 0 Å². The van der Waals surface area contributed by atoms with Crippen molar-refractivity contribution in [2.75, 3.05) is 23.3 Å². The van der Waals surface area contributed by atoms with Gasteiger partial charge >= 0.3 is 6.03 Å². The van der Waals surface area contributed by atoms with Crippen molar-refractivity contribution in [1.29, 1.82) is 0 Å². The number of amides is 2. The molecule has 3 unspecified atom stereocenters. The zero-order valence-corrected chi connectivity index (χ0v) is 16.2. The van der Waals surface area contributed by atoms with Gasteiger partial charge in [-0.2, -0.15) is 0 Å². The van der Waals surface area contributed by atoms with Gasteiger partial charge in [-0.05, 0) is 51.0 Å². The number of rotatable bonds is 3. The molecule has 0 bridgehead atoms. The van der Waals surface area contributed by atoms with Gasteiger partial charge in [0.25, 0.3) is 0 Å². The standard InChI is InChI=1S/C21H26FN3O3/c1-13-11-25(12-14(2)28-13)19-7-6-15(10-17(19)22)23-21(26)24-18-4-3-5-20-16(18)8-9-27-20/h6-10,13-14,18H,3-5,11-12H2,1-2H3,(H2,23,24,26). The maximum Gasteiger partial charge on any atom is 0.319 e. The molecular formula is C21H26FN3O3. The molecule has 2 aliphatic rings. The predicted molar refractivity (Wildman–Crippen MR) is 105 cm³/mol. The number of carbonyl (C=O) groups excluding carboxylic acids is 1. The van der Waals surface area contributed by atoms with Gasteiger partial charge in [-0.1, -0.05) is 0 Å². The highest BCUT2D eigenvalue weighted by Gasteiger charge is 2.26. The SMILES string of the molecule is CC1CN(c2ccc(NC(=O)NC3CCCc4occc43)cc2F)CC(C)O1. The minimum absolute atomic E-state index is 0.0510. The van der Waals surface area contributed by atoms with Crippen LogP contribution in [0.2, 0.25) is 0 Å². The van der Waals surface area contributed by atoms with Crippen molar-refractivity contribution < 1.29 is 18.3 Å². The molecule has 2 heterocycles. The van der Waals surface area contributed by atoms with E-state index in [2.05, 4.69) is 10.6 Å². The first-order valence-electron chi connectivity index (χ1n) is 9.83. The molecule has 3 atom stereocenters. The van der Waals surface area contributed by atoms with Crippen LogP contribution in [-0.2, 0) is 11.2 Å². The first-order chi connectivity index (χ1) is 13.5. The number of morpholine rings is 1. The van der Waals surface area contributed by atoms with Gasteiger partial charge < -0.3 is 24.7 Å². The van der Waals surface area contributed by atoms with Crippen LogP contribution >= 0.6 is 0 Å². The molecule has 1 fully saturated rings. The fourth-order valence-corrected chi connectivity index (χ4v) is 4.18. The van der Waals surface area contributed by atoms with Crippen LogP contribution in [0.25, 0.3) is 0 Å². The van der Waals surface area contributed by atoms with Crippen LogP contribution in [0.1, 0.15) is 44.1 Å². The molecule has 2 N–H and O–H groups in total. The number of aryl methyl sites for hydroxylation is 1. The summed E-state index contributed by atoms with van der Waals surface area (Å²) < 4.78 is 25.8. The first-order valence-corrected chi connectivity index (χ1v) is 9.83. The van der Waals surface area contributed by atoms with Gasteiger partial charge in [0.1, 0.15) is 11.6 Å². The second-order valence-electron chi connectivity index (χ2n) is 7.67. The maximum atomic E-state index is 14.7. The van der Waals surface area contributed by atoms with Gasteiger partial charge in [0.15, 0.2) is 0 Å². The van der Waals surface area contributed by atoms with E-state index in [9.17, 15) is 9.18 Å². The highest BCUT2D eigenvalue weighted by molar-refractivity contribution is 5.89. The van der Waals surface area contributed by atoms with E-state index >= 15 is 0 Å². The fraction of sp³-hybridized carbons (Fsp3) is 0.476. The number of ether oxygens (including phenoxy) is 1. The second-order valence-corrected chi connectivity index (χ2v) is 7.67. The van der Waals surface area contributed by atoms with Crippen molar-refractivity contribution >= 4 is 17.4 Å². The Balaban J connectivity index is 1.40. The van der Waals surface area contributed by atoms with Gasteiger partial charge in [0.05, 0.1) is 30.2 Å². The Kier molecular flexibility index (Phi) is 5.26. The highest BCUT2D eigenvalue weighted by atomic mass is 19.1. The lowest BCUT2D eigenvalue weighted by Gasteiger charge is -2.37. The number of nitrogens with zero attached hydrogens (tertiary/aromatic N) is 1. The van der Waals surface area contributed by atoms with Gasteiger partial charge in [-0.25, -0.2) is 9.18 Å². The Morgan fingerprint density at radius 3 is 2.75 bits per heavy atom. The molecule has 1 saturated heterocycles. The predicted octanol–water partition coefficient (Wildman–Crippen LogP) is 4.23. The molecule has 2 aromatic rings. The van der Waals surface area contributed by atoms with Crippen molar-refractivity contribution in [1.82, 2.24) is 5.32 Å². The van der Waals surface area contributed by atoms with Crippen molar-refractivity contribution in [3.05, 3.63) is 47.7 Å². The number of hydrogen-bond acceptors (Lipinski definition) is 4. The minimum Gasteiger partial charge on any atom is -0.469 e. The molecule has 1 aliphatic heterocycles. The summed E-state index contributed by atoms with van der Waals surface area (Å²) in [6.07, 6.45) is 4.48. The van der Waals surface area contributed by atoms with E-state index in [0.29, 0.717) is 24.5 Å². The van der Waals surface area contributed by atoms with Crippen LogP contribution in [0.4, 0.5) is 20.6 Å². The summed E-state index contributed by atoms with van der Waals surface area (Å²) in [7, 11) is 0. The van der Waals surface area contributed by atoms with Crippen molar-refractivity contribution in [2.45, 2.75) is 51.4 Å². The Labute approximate surface area is 164 Å². The van der Waals surface area contributed by atoms with E-state index in [1.165, 1.54) is 6.07 Å². The monoisotopic (exact) mass is 387 g/mol. The second kappa shape index (κ2) is 7.83. The molecule has 0 saturated carbocycles. The van der Waals surface area contributed by atoms with Crippen LogP contribution in [0.15, 0.2) is 34.9 Å². The smallest absolute Gasteiger partial charge is 0.319 e. The molecule has 0 spiro atoms. The van der Waals surface area contributed by atoms with Crippen LogP contribution in [0.5, 0.6) is 0 Å². The number of hydrogen-bond donors (Lipinski definition) is 2. The Hall–Kier alpha value is -2.54. The lowest BCUT2D eigenvalue weighted by Crippen LogP contribution is -2.45. The number of furan rings is 1. The van der Waals surface area contributed by atoms with Crippen LogP contribution in [-0.4, -0.2) is 31.3 Å². The van der Waals surface area contributed by atoms with Gasteiger partial charge in [0, 0.05) is 30.8 Å². The number of urea groups is 1. The summed E-state index contributed by atoms with van der Waals surface area (Å²) in [5.41, 5.74) is 1.98. The third-order valence-corrected chi connectivity index (χ3v) is 5.32. The average molecular weight is 387 g/mol. The summed E-state index contributed by atoms with van der Waals surface area (Å²) in [5, 5.41) is 5.70. The summed E-state index contributed by atoms with van der Waals surface area (Å²) in [6, 6.07) is 6.28. The molecule has 6 nitrogen and oxygen atoms in total. The average Bonchev–Trinajstić information content (AvgIpc) is 3.10. The van der Waals surface area contributed by atoms with Crippen LogP contribution in [0.3, 0.4) is 0 Å².